The van der Waals surface area contributed by atoms with Gasteiger partial charge in [0.25, 0.3) is 5.91 Å². The van der Waals surface area contributed by atoms with Crippen LogP contribution in [0.2, 0.25) is 0 Å². The zero-order valence-electron chi connectivity index (χ0n) is 14.5. The number of carbonyl (C=O) groups excluding carboxylic acids is 1. The number of amides is 1. The van der Waals surface area contributed by atoms with Crippen molar-refractivity contribution in [1.82, 2.24) is 9.97 Å². The van der Waals surface area contributed by atoms with Gasteiger partial charge in [-0.25, -0.2) is 9.97 Å². The maximum atomic E-state index is 12.8. The Balaban J connectivity index is 2.01. The molecule has 3 aromatic heterocycles. The van der Waals surface area contributed by atoms with Crippen molar-refractivity contribution in [3.63, 3.8) is 0 Å². The molecule has 3 heterocycles. The summed E-state index contributed by atoms with van der Waals surface area (Å²) in [5, 5.41) is 4.06. The summed E-state index contributed by atoms with van der Waals surface area (Å²) in [6.07, 6.45) is 1.71. The van der Waals surface area contributed by atoms with Crippen molar-refractivity contribution in [1.29, 1.82) is 0 Å². The Hall–Kier alpha value is -2.47. The standard InChI is InChI=1S/C18H20N4OS/c1-10-9-11(2)20-18-14(10)12(3)15(24-18)17(23)21-13-7-6-8-19-16(13)22(4)5/h6-9H,1-5H3,(H,21,23). The summed E-state index contributed by atoms with van der Waals surface area (Å²) in [5.74, 6) is 0.610. The molecular formula is C18H20N4OS. The van der Waals surface area contributed by atoms with Crippen molar-refractivity contribution >= 4 is 39.0 Å². The number of rotatable bonds is 3. The molecule has 24 heavy (non-hydrogen) atoms. The van der Waals surface area contributed by atoms with Gasteiger partial charge in [0.1, 0.15) is 4.83 Å². The van der Waals surface area contributed by atoms with E-state index < -0.39 is 0 Å². The number of hydrogen-bond acceptors (Lipinski definition) is 5. The van der Waals surface area contributed by atoms with E-state index >= 15 is 0 Å². The Labute approximate surface area is 145 Å². The van der Waals surface area contributed by atoms with Gasteiger partial charge in [0.05, 0.1) is 10.6 Å². The van der Waals surface area contributed by atoms with Gasteiger partial charge in [-0.3, -0.25) is 4.79 Å². The summed E-state index contributed by atoms with van der Waals surface area (Å²) in [6.45, 7) is 6.01. The number of nitrogens with one attached hydrogen (secondary N) is 1. The molecule has 5 nitrogen and oxygen atoms in total. The quantitative estimate of drug-likeness (QED) is 0.785. The minimum absolute atomic E-state index is 0.122. The van der Waals surface area contributed by atoms with E-state index in [9.17, 15) is 4.79 Å². The fourth-order valence-corrected chi connectivity index (χ4v) is 4.06. The normalized spacial score (nSPS) is 10.9. The van der Waals surface area contributed by atoms with Gasteiger partial charge in [-0.1, -0.05) is 0 Å². The Morgan fingerprint density at radius 2 is 2.00 bits per heavy atom. The lowest BCUT2D eigenvalue weighted by atomic mass is 10.1. The molecule has 3 rings (SSSR count). The van der Waals surface area contributed by atoms with Crippen LogP contribution in [0.1, 0.15) is 26.5 Å². The third kappa shape index (κ3) is 2.85. The predicted octanol–water partition coefficient (Wildman–Crippen LogP) is 3.93. The van der Waals surface area contributed by atoms with Crippen LogP contribution in [0, 0.1) is 20.8 Å². The number of anilines is 2. The van der Waals surface area contributed by atoms with E-state index in [4.69, 9.17) is 0 Å². The molecule has 0 aliphatic carbocycles. The van der Waals surface area contributed by atoms with E-state index in [0.717, 1.165) is 32.9 Å². The van der Waals surface area contributed by atoms with E-state index in [1.165, 1.54) is 11.3 Å². The van der Waals surface area contributed by atoms with Crippen molar-refractivity contribution < 1.29 is 4.79 Å². The second kappa shape index (κ2) is 6.20. The molecule has 0 aromatic carbocycles. The number of aromatic nitrogens is 2. The van der Waals surface area contributed by atoms with Gasteiger partial charge in [-0.05, 0) is 50.1 Å². The van der Waals surface area contributed by atoms with Crippen molar-refractivity contribution in [3.8, 4) is 0 Å². The largest absolute Gasteiger partial charge is 0.361 e. The zero-order chi connectivity index (χ0) is 17.4. The summed E-state index contributed by atoms with van der Waals surface area (Å²) >= 11 is 1.44. The highest BCUT2D eigenvalue weighted by Gasteiger charge is 2.19. The highest BCUT2D eigenvalue weighted by atomic mass is 32.1. The molecule has 0 saturated heterocycles. The maximum absolute atomic E-state index is 12.8. The zero-order valence-corrected chi connectivity index (χ0v) is 15.3. The Kier molecular flexibility index (Phi) is 4.24. The number of carbonyl (C=O) groups is 1. The fraction of sp³-hybridized carbons (Fsp3) is 0.278. The van der Waals surface area contributed by atoms with Crippen LogP contribution in [0.5, 0.6) is 0 Å². The molecule has 1 amide bonds. The minimum Gasteiger partial charge on any atom is -0.361 e. The van der Waals surface area contributed by atoms with Gasteiger partial charge in [0.15, 0.2) is 5.82 Å². The monoisotopic (exact) mass is 340 g/mol. The number of thiophene rings is 1. The molecule has 0 atom stereocenters. The number of hydrogen-bond donors (Lipinski definition) is 1. The van der Waals surface area contributed by atoms with Crippen LogP contribution in [-0.2, 0) is 0 Å². The molecule has 124 valence electrons. The average molecular weight is 340 g/mol. The van der Waals surface area contributed by atoms with Crippen molar-refractivity contribution in [2.75, 3.05) is 24.3 Å². The molecule has 3 aromatic rings. The van der Waals surface area contributed by atoms with Crippen molar-refractivity contribution in [2.45, 2.75) is 20.8 Å². The first-order valence-corrected chi connectivity index (χ1v) is 8.51. The lowest BCUT2D eigenvalue weighted by Crippen LogP contribution is -2.17. The molecule has 6 heteroatoms. The van der Waals surface area contributed by atoms with Gasteiger partial charge in [0, 0.05) is 31.4 Å². The summed E-state index contributed by atoms with van der Waals surface area (Å²) in [5.41, 5.74) is 3.80. The predicted molar refractivity (Wildman–Crippen MR) is 100 cm³/mol. The Bertz CT molecular complexity index is 930. The van der Waals surface area contributed by atoms with E-state index in [0.29, 0.717) is 10.6 Å². The van der Waals surface area contributed by atoms with Gasteiger partial charge in [-0.2, -0.15) is 0 Å². The van der Waals surface area contributed by atoms with Crippen molar-refractivity contribution in [3.05, 3.63) is 46.1 Å². The molecule has 0 fully saturated rings. The van der Waals surface area contributed by atoms with Crippen LogP contribution in [0.4, 0.5) is 11.5 Å². The summed E-state index contributed by atoms with van der Waals surface area (Å²) in [6, 6.07) is 5.72. The molecule has 0 aliphatic rings. The van der Waals surface area contributed by atoms with Crippen molar-refractivity contribution in [2.24, 2.45) is 0 Å². The lowest BCUT2D eigenvalue weighted by Gasteiger charge is -2.16. The fourth-order valence-electron chi connectivity index (χ4n) is 2.87. The number of fused-ring (bicyclic) bond motifs is 1. The van der Waals surface area contributed by atoms with Gasteiger partial charge in [-0.15, -0.1) is 11.3 Å². The maximum Gasteiger partial charge on any atom is 0.266 e. The SMILES string of the molecule is Cc1cc(C)c2c(C)c(C(=O)Nc3cccnc3N(C)C)sc2n1. The van der Waals surface area contributed by atoms with E-state index in [2.05, 4.69) is 28.3 Å². The third-order valence-corrected chi connectivity index (χ3v) is 5.08. The Morgan fingerprint density at radius 3 is 2.71 bits per heavy atom. The Morgan fingerprint density at radius 1 is 1.25 bits per heavy atom. The minimum atomic E-state index is -0.122. The number of aryl methyl sites for hydroxylation is 3. The molecule has 0 bridgehead atoms. The molecule has 0 unspecified atom stereocenters. The first-order valence-electron chi connectivity index (χ1n) is 7.69. The molecule has 0 radical (unpaired) electrons. The third-order valence-electron chi connectivity index (χ3n) is 3.89. The summed E-state index contributed by atoms with van der Waals surface area (Å²) in [7, 11) is 3.80. The van der Waals surface area contributed by atoms with E-state index in [1.807, 2.05) is 45.0 Å². The summed E-state index contributed by atoms with van der Waals surface area (Å²) < 4.78 is 0. The first kappa shape index (κ1) is 16.4. The highest BCUT2D eigenvalue weighted by Crippen LogP contribution is 2.33. The lowest BCUT2D eigenvalue weighted by molar-refractivity contribution is 0.103. The topological polar surface area (TPSA) is 58.1 Å². The van der Waals surface area contributed by atoms with Gasteiger partial charge in [0.2, 0.25) is 0 Å². The van der Waals surface area contributed by atoms with Gasteiger partial charge < -0.3 is 10.2 Å². The molecule has 1 N–H and O–H groups in total. The van der Waals surface area contributed by atoms with Crippen LogP contribution in [0.3, 0.4) is 0 Å². The second-order valence-corrected chi connectivity index (χ2v) is 7.04. The van der Waals surface area contributed by atoms with Crippen LogP contribution >= 0.6 is 11.3 Å². The average Bonchev–Trinajstić information content (AvgIpc) is 2.84. The van der Waals surface area contributed by atoms with Crippen LogP contribution < -0.4 is 10.2 Å². The molecule has 0 saturated carbocycles. The van der Waals surface area contributed by atoms with Crippen LogP contribution in [0.25, 0.3) is 10.2 Å². The van der Waals surface area contributed by atoms with Gasteiger partial charge >= 0.3 is 0 Å². The molecule has 0 spiro atoms. The number of pyridine rings is 2. The highest BCUT2D eigenvalue weighted by molar-refractivity contribution is 7.20. The smallest absolute Gasteiger partial charge is 0.266 e. The molecular weight excluding hydrogens is 320 g/mol. The summed E-state index contributed by atoms with van der Waals surface area (Å²) in [4.78, 5) is 25.2. The number of nitrogens with zero attached hydrogens (tertiary/aromatic N) is 3. The van der Waals surface area contributed by atoms with E-state index in [1.54, 1.807) is 6.20 Å². The second-order valence-electron chi connectivity index (χ2n) is 6.04. The van der Waals surface area contributed by atoms with Crippen LogP contribution in [0.15, 0.2) is 24.4 Å². The van der Waals surface area contributed by atoms with E-state index in [-0.39, 0.29) is 5.91 Å². The first-order chi connectivity index (χ1) is 11.4. The van der Waals surface area contributed by atoms with Crippen LogP contribution in [-0.4, -0.2) is 30.0 Å². The molecule has 0 aliphatic heterocycles.